The monoisotopic (exact) mass is 830 g/mol. The molecule has 1 aliphatic heterocycles. The number of nitrogens with zero attached hydrogens (tertiary/aromatic N) is 4. The molecule has 0 radical (unpaired) electrons. The number of amides is 1. The number of fused-ring (bicyclic) bond motifs is 2. The Balaban J connectivity index is 1.14. The molecule has 15 heteroatoms. The SMILES string of the molecule is COc1ccc(CNc2ncnc3c2c(Br)cn3[C@@H]2C[C@H](CN(CCCNCCc3ccc(C(F)(F)F)cc3)C(=O)OC(C)(C)C)[C@H]3OC(C)(C)O[C@H]32)cc1. The fourth-order valence-corrected chi connectivity index (χ4v) is 7.93. The molecule has 4 atom stereocenters. The second-order valence-corrected chi connectivity index (χ2v) is 16.5. The molecule has 2 fully saturated rings. The average Bonchev–Trinajstić information content (AvgIpc) is 3.75. The van der Waals surface area contributed by atoms with Gasteiger partial charge in [0.1, 0.15) is 35.2 Å². The van der Waals surface area contributed by atoms with Crippen molar-refractivity contribution in [3.8, 4) is 5.75 Å². The zero-order valence-electron chi connectivity index (χ0n) is 32.1. The first kappa shape index (κ1) is 40.7. The van der Waals surface area contributed by atoms with E-state index < -0.39 is 29.2 Å². The van der Waals surface area contributed by atoms with Crippen LogP contribution in [0, 0.1) is 5.92 Å². The van der Waals surface area contributed by atoms with E-state index >= 15 is 0 Å². The largest absolute Gasteiger partial charge is 0.497 e. The van der Waals surface area contributed by atoms with Gasteiger partial charge in [0.25, 0.3) is 0 Å². The molecule has 1 saturated carbocycles. The van der Waals surface area contributed by atoms with Crippen molar-refractivity contribution in [2.45, 2.75) is 96.2 Å². The predicted molar refractivity (Wildman–Crippen MR) is 207 cm³/mol. The molecule has 0 bridgehead atoms. The highest BCUT2D eigenvalue weighted by Crippen LogP contribution is 2.49. The second kappa shape index (κ2) is 16.7. The van der Waals surface area contributed by atoms with Crippen LogP contribution in [0.5, 0.6) is 5.75 Å². The van der Waals surface area contributed by atoms with Crippen LogP contribution < -0.4 is 15.4 Å². The fourth-order valence-electron chi connectivity index (χ4n) is 7.34. The third-order valence-electron chi connectivity index (χ3n) is 9.85. The van der Waals surface area contributed by atoms with E-state index in [9.17, 15) is 18.0 Å². The number of carbonyl (C=O) groups excluding carboxylic acids is 1. The van der Waals surface area contributed by atoms with Crippen molar-refractivity contribution in [3.63, 3.8) is 0 Å². The number of carbonyl (C=O) groups is 1. The summed E-state index contributed by atoms with van der Waals surface area (Å²) in [6, 6.07) is 13.0. The van der Waals surface area contributed by atoms with Crippen molar-refractivity contribution in [2.24, 2.45) is 5.92 Å². The van der Waals surface area contributed by atoms with E-state index in [1.165, 1.54) is 12.1 Å². The molecular formula is C40H50BrF3N6O5. The minimum atomic E-state index is -4.35. The highest BCUT2D eigenvalue weighted by atomic mass is 79.9. The van der Waals surface area contributed by atoms with Crippen LogP contribution in [0.25, 0.3) is 11.0 Å². The number of hydrogen-bond acceptors (Lipinski definition) is 9. The zero-order chi connectivity index (χ0) is 39.5. The molecule has 11 nitrogen and oxygen atoms in total. The summed E-state index contributed by atoms with van der Waals surface area (Å²) in [5, 5.41) is 7.69. The van der Waals surface area contributed by atoms with E-state index in [1.807, 2.05) is 65.1 Å². The molecule has 1 amide bonds. The number of aromatic nitrogens is 3. The summed E-state index contributed by atoms with van der Waals surface area (Å²) in [5.41, 5.74) is 1.31. The number of halogens is 4. The molecule has 1 saturated heterocycles. The smallest absolute Gasteiger partial charge is 0.416 e. The number of alkyl halides is 3. The van der Waals surface area contributed by atoms with E-state index in [2.05, 4.69) is 36.1 Å². The molecule has 298 valence electrons. The molecule has 2 N–H and O–H groups in total. The number of methoxy groups -OCH3 is 1. The van der Waals surface area contributed by atoms with Gasteiger partial charge in [0, 0.05) is 36.2 Å². The van der Waals surface area contributed by atoms with Crippen LogP contribution >= 0.6 is 15.9 Å². The van der Waals surface area contributed by atoms with Crippen LogP contribution in [0.1, 0.15) is 70.2 Å². The highest BCUT2D eigenvalue weighted by Gasteiger charge is 2.55. The molecule has 0 spiro atoms. The number of benzene rings is 2. The summed E-state index contributed by atoms with van der Waals surface area (Å²) in [6.07, 6.45) is 0.171. The Kier molecular flexibility index (Phi) is 12.3. The molecule has 2 aromatic heterocycles. The summed E-state index contributed by atoms with van der Waals surface area (Å²) in [4.78, 5) is 24.7. The van der Waals surface area contributed by atoms with E-state index in [-0.39, 0.29) is 24.2 Å². The molecule has 4 aromatic rings. The lowest BCUT2D eigenvalue weighted by atomic mass is 10.0. The van der Waals surface area contributed by atoms with Crippen molar-refractivity contribution < 1.29 is 36.9 Å². The van der Waals surface area contributed by atoms with Gasteiger partial charge in [0.05, 0.1) is 30.2 Å². The molecule has 0 unspecified atom stereocenters. The van der Waals surface area contributed by atoms with E-state index in [0.29, 0.717) is 57.8 Å². The van der Waals surface area contributed by atoms with Gasteiger partial charge in [0.15, 0.2) is 5.79 Å². The predicted octanol–water partition coefficient (Wildman–Crippen LogP) is 8.37. The summed E-state index contributed by atoms with van der Waals surface area (Å²) < 4.78 is 66.0. The quantitative estimate of drug-likeness (QED) is 0.121. The van der Waals surface area contributed by atoms with Crippen molar-refractivity contribution in [2.75, 3.05) is 38.6 Å². The lowest BCUT2D eigenvalue weighted by Crippen LogP contribution is -2.43. The first-order valence-corrected chi connectivity index (χ1v) is 19.4. The van der Waals surface area contributed by atoms with E-state index in [0.717, 1.165) is 44.5 Å². The summed E-state index contributed by atoms with van der Waals surface area (Å²) in [6.45, 7) is 12.0. The van der Waals surface area contributed by atoms with Crippen LogP contribution in [0.15, 0.2) is 65.5 Å². The van der Waals surface area contributed by atoms with Gasteiger partial charge >= 0.3 is 12.3 Å². The molecule has 3 heterocycles. The van der Waals surface area contributed by atoms with Crippen molar-refractivity contribution in [1.29, 1.82) is 0 Å². The number of anilines is 1. The Morgan fingerprint density at radius 1 is 1.02 bits per heavy atom. The van der Waals surface area contributed by atoms with Gasteiger partial charge < -0.3 is 39.0 Å². The van der Waals surface area contributed by atoms with Gasteiger partial charge in [-0.05, 0) is 118 Å². The highest BCUT2D eigenvalue weighted by molar-refractivity contribution is 9.10. The minimum Gasteiger partial charge on any atom is -0.497 e. The molecule has 2 aromatic carbocycles. The lowest BCUT2D eigenvalue weighted by Gasteiger charge is -2.31. The van der Waals surface area contributed by atoms with Crippen LogP contribution in [-0.2, 0) is 33.4 Å². The summed E-state index contributed by atoms with van der Waals surface area (Å²) in [5.74, 6) is 0.606. The zero-order valence-corrected chi connectivity index (χ0v) is 33.7. The Hall–Kier alpha value is -3.92. The normalized spacial score (nSPS) is 20.8. The van der Waals surface area contributed by atoms with Crippen LogP contribution in [0.4, 0.5) is 23.8 Å². The van der Waals surface area contributed by atoms with Crippen LogP contribution in [-0.4, -0.2) is 82.4 Å². The molecular weight excluding hydrogens is 781 g/mol. The Labute approximate surface area is 328 Å². The van der Waals surface area contributed by atoms with Gasteiger partial charge in [-0.3, -0.25) is 0 Å². The van der Waals surface area contributed by atoms with Gasteiger partial charge in [-0.2, -0.15) is 13.2 Å². The minimum absolute atomic E-state index is 0.0670. The molecule has 2 aliphatic rings. The standard InChI is InChI=1S/C40H50BrF3N6O5/c1-38(2,3)55-37(51)49(19-7-17-45-18-16-25-8-12-28(13-9-25)40(42,43)44)22-27-20-31(34-33(27)53-39(4,5)54-34)50-23-30(41)32-35(47-24-48-36(32)50)46-21-26-10-14-29(52-6)15-11-26/h8-15,23-24,27,31,33-34,45H,7,16-22H2,1-6H3,(H,46,47,48)/t27-,31-,33-,34+/m1/s1. The number of rotatable bonds is 14. The summed E-state index contributed by atoms with van der Waals surface area (Å²) in [7, 11) is 1.64. The fraction of sp³-hybridized carbons (Fsp3) is 0.525. The lowest BCUT2D eigenvalue weighted by molar-refractivity contribution is -0.160. The average molecular weight is 832 g/mol. The van der Waals surface area contributed by atoms with Gasteiger partial charge in [-0.25, -0.2) is 14.8 Å². The maximum absolute atomic E-state index is 13.6. The maximum Gasteiger partial charge on any atom is 0.416 e. The third kappa shape index (κ3) is 10.1. The molecule has 55 heavy (non-hydrogen) atoms. The van der Waals surface area contributed by atoms with Crippen molar-refractivity contribution in [1.82, 2.24) is 24.8 Å². The van der Waals surface area contributed by atoms with Crippen LogP contribution in [0.3, 0.4) is 0 Å². The number of nitrogens with one attached hydrogen (secondary N) is 2. The molecule has 1 aliphatic carbocycles. The molecule has 6 rings (SSSR count). The second-order valence-electron chi connectivity index (χ2n) is 15.6. The maximum atomic E-state index is 13.6. The van der Waals surface area contributed by atoms with Crippen molar-refractivity contribution >= 4 is 38.9 Å². The van der Waals surface area contributed by atoms with E-state index in [4.69, 9.17) is 23.9 Å². The number of hydrogen-bond donors (Lipinski definition) is 2. The van der Waals surface area contributed by atoms with Crippen LogP contribution in [0.2, 0.25) is 0 Å². The first-order chi connectivity index (χ1) is 26.0. The Bertz CT molecular complexity index is 1920. The van der Waals surface area contributed by atoms with Gasteiger partial charge in [-0.15, -0.1) is 0 Å². The third-order valence-corrected chi connectivity index (χ3v) is 10.5. The topological polar surface area (TPSA) is 112 Å². The number of ether oxygens (including phenoxy) is 4. The summed E-state index contributed by atoms with van der Waals surface area (Å²) >= 11 is 3.78. The van der Waals surface area contributed by atoms with Gasteiger partial charge in [0.2, 0.25) is 0 Å². The van der Waals surface area contributed by atoms with Gasteiger partial charge in [-0.1, -0.05) is 24.3 Å². The van der Waals surface area contributed by atoms with E-state index in [1.54, 1.807) is 18.3 Å². The Morgan fingerprint density at radius 3 is 2.38 bits per heavy atom. The van der Waals surface area contributed by atoms with Crippen molar-refractivity contribution in [3.05, 3.63) is 82.2 Å². The Morgan fingerprint density at radius 2 is 1.71 bits per heavy atom. The first-order valence-electron chi connectivity index (χ1n) is 18.6.